The fraction of sp³-hybridized carbons (Fsp3) is 0.200. The number of carbonyl (C=O) groups excluding carboxylic acids is 1. The quantitative estimate of drug-likeness (QED) is 0.692. The fourth-order valence-corrected chi connectivity index (χ4v) is 3.12. The van der Waals surface area contributed by atoms with E-state index in [9.17, 15) is 4.79 Å². The Kier molecular flexibility index (Phi) is 3.28. The van der Waals surface area contributed by atoms with Gasteiger partial charge in [-0.2, -0.15) is 5.10 Å². The van der Waals surface area contributed by atoms with Crippen molar-refractivity contribution in [2.75, 3.05) is 6.61 Å². The van der Waals surface area contributed by atoms with Crippen molar-refractivity contribution in [3.05, 3.63) is 41.3 Å². The van der Waals surface area contributed by atoms with E-state index < -0.39 is 0 Å². The highest BCUT2D eigenvalue weighted by Gasteiger charge is 2.18. The first-order valence-corrected chi connectivity index (χ1v) is 7.21. The van der Waals surface area contributed by atoms with Gasteiger partial charge in [0.2, 0.25) is 0 Å². The van der Waals surface area contributed by atoms with Crippen LogP contribution in [-0.4, -0.2) is 22.4 Å². The number of nitrogens with zero attached hydrogens (tertiary/aromatic N) is 2. The van der Waals surface area contributed by atoms with Gasteiger partial charge in [0.15, 0.2) is 0 Å². The minimum absolute atomic E-state index is 0.271. The van der Waals surface area contributed by atoms with Crippen LogP contribution in [0, 0.1) is 0 Å². The smallest absolute Gasteiger partial charge is 0.348 e. The van der Waals surface area contributed by atoms with E-state index in [-0.39, 0.29) is 5.97 Å². The lowest BCUT2D eigenvalue weighted by molar-refractivity contribution is 0.0532. The molecule has 0 radical (unpaired) electrons. The lowest BCUT2D eigenvalue weighted by Gasteiger charge is -1.98. The van der Waals surface area contributed by atoms with Gasteiger partial charge in [-0.15, -0.1) is 11.3 Å². The minimum atomic E-state index is -0.271. The largest absolute Gasteiger partial charge is 0.462 e. The maximum Gasteiger partial charge on any atom is 0.348 e. The van der Waals surface area contributed by atoms with Gasteiger partial charge in [0.05, 0.1) is 6.61 Å². The van der Waals surface area contributed by atoms with Crippen LogP contribution in [0.5, 0.6) is 0 Å². The van der Waals surface area contributed by atoms with Crippen molar-refractivity contribution >= 4 is 27.5 Å². The Morgan fingerprint density at radius 3 is 2.80 bits per heavy atom. The average Bonchev–Trinajstić information content (AvgIpc) is 3.01. The summed E-state index contributed by atoms with van der Waals surface area (Å²) in [6, 6.07) is 11.8. The third kappa shape index (κ3) is 2.10. The van der Waals surface area contributed by atoms with Gasteiger partial charge in [0, 0.05) is 18.0 Å². The molecule has 0 aliphatic carbocycles. The van der Waals surface area contributed by atoms with Crippen LogP contribution in [0.15, 0.2) is 36.4 Å². The Bertz CT molecular complexity index is 759. The highest BCUT2D eigenvalue weighted by Crippen LogP contribution is 2.33. The molecule has 0 aliphatic rings. The molecule has 3 rings (SSSR count). The van der Waals surface area contributed by atoms with E-state index in [1.807, 2.05) is 55.1 Å². The first kappa shape index (κ1) is 12.9. The minimum Gasteiger partial charge on any atom is -0.462 e. The number of aryl methyl sites for hydroxylation is 1. The number of hydrogen-bond donors (Lipinski definition) is 0. The van der Waals surface area contributed by atoms with E-state index in [4.69, 9.17) is 4.74 Å². The zero-order chi connectivity index (χ0) is 14.1. The second-order valence-electron chi connectivity index (χ2n) is 4.39. The Morgan fingerprint density at radius 2 is 2.10 bits per heavy atom. The Hall–Kier alpha value is -2.14. The topological polar surface area (TPSA) is 44.1 Å². The number of esters is 1. The maximum atomic E-state index is 11.8. The SMILES string of the molecule is CCOC(=O)c1cc2c(-c3ccccc3)nn(C)c2s1. The normalized spacial score (nSPS) is 10.9. The summed E-state index contributed by atoms with van der Waals surface area (Å²) < 4.78 is 6.86. The second kappa shape index (κ2) is 5.09. The van der Waals surface area contributed by atoms with E-state index in [2.05, 4.69) is 5.10 Å². The van der Waals surface area contributed by atoms with Crippen molar-refractivity contribution in [2.24, 2.45) is 7.05 Å². The van der Waals surface area contributed by atoms with Gasteiger partial charge < -0.3 is 4.74 Å². The summed E-state index contributed by atoms with van der Waals surface area (Å²) in [5.41, 5.74) is 1.95. The molecule has 20 heavy (non-hydrogen) atoms. The van der Waals surface area contributed by atoms with E-state index >= 15 is 0 Å². The maximum absolute atomic E-state index is 11.8. The van der Waals surface area contributed by atoms with Crippen molar-refractivity contribution in [2.45, 2.75) is 6.92 Å². The molecule has 0 aliphatic heterocycles. The fourth-order valence-electron chi connectivity index (χ4n) is 2.15. The molecule has 0 amide bonds. The van der Waals surface area contributed by atoms with Crippen molar-refractivity contribution < 1.29 is 9.53 Å². The van der Waals surface area contributed by atoms with E-state index in [0.29, 0.717) is 11.5 Å². The van der Waals surface area contributed by atoms with Crippen molar-refractivity contribution in [1.29, 1.82) is 0 Å². The molecular weight excluding hydrogens is 272 g/mol. The molecule has 0 unspecified atom stereocenters. The molecule has 0 fully saturated rings. The summed E-state index contributed by atoms with van der Waals surface area (Å²) in [4.78, 5) is 13.4. The zero-order valence-corrected chi connectivity index (χ0v) is 12.1. The molecule has 3 aromatic rings. The summed E-state index contributed by atoms with van der Waals surface area (Å²) in [7, 11) is 1.89. The second-order valence-corrected chi connectivity index (χ2v) is 5.42. The average molecular weight is 286 g/mol. The number of ether oxygens (including phenoxy) is 1. The van der Waals surface area contributed by atoms with Crippen LogP contribution in [0.2, 0.25) is 0 Å². The molecule has 0 bridgehead atoms. The highest BCUT2D eigenvalue weighted by atomic mass is 32.1. The highest BCUT2D eigenvalue weighted by molar-refractivity contribution is 7.20. The number of thiophene rings is 1. The number of aromatic nitrogens is 2. The van der Waals surface area contributed by atoms with E-state index in [0.717, 1.165) is 21.5 Å². The standard InChI is InChI=1S/C15H14N2O2S/c1-3-19-15(18)12-9-11-13(10-7-5-4-6-8-10)16-17(2)14(11)20-12/h4-9H,3H2,1-2H3. The molecule has 4 nitrogen and oxygen atoms in total. The summed E-state index contributed by atoms with van der Waals surface area (Å²) in [6.45, 7) is 2.19. The summed E-state index contributed by atoms with van der Waals surface area (Å²) in [5, 5.41) is 5.53. The van der Waals surface area contributed by atoms with E-state index in [1.165, 1.54) is 11.3 Å². The third-order valence-electron chi connectivity index (χ3n) is 3.04. The molecule has 5 heteroatoms. The van der Waals surface area contributed by atoms with Gasteiger partial charge in [-0.25, -0.2) is 4.79 Å². The first-order valence-electron chi connectivity index (χ1n) is 6.39. The van der Waals surface area contributed by atoms with E-state index in [1.54, 1.807) is 0 Å². The van der Waals surface area contributed by atoms with Crippen LogP contribution in [0.1, 0.15) is 16.6 Å². The zero-order valence-electron chi connectivity index (χ0n) is 11.3. The van der Waals surface area contributed by atoms with Crippen LogP contribution in [0.3, 0.4) is 0 Å². The van der Waals surface area contributed by atoms with Gasteiger partial charge >= 0.3 is 5.97 Å². The van der Waals surface area contributed by atoms with Gasteiger partial charge in [0.1, 0.15) is 15.4 Å². The molecule has 0 spiro atoms. The van der Waals surface area contributed by atoms with Crippen molar-refractivity contribution in [3.63, 3.8) is 0 Å². The molecule has 0 atom stereocenters. The molecule has 1 aromatic carbocycles. The molecule has 0 N–H and O–H groups in total. The van der Waals surface area contributed by atoms with Crippen LogP contribution in [-0.2, 0) is 11.8 Å². The number of benzene rings is 1. The molecular formula is C15H14N2O2S. The Balaban J connectivity index is 2.13. The lowest BCUT2D eigenvalue weighted by Crippen LogP contribution is -2.01. The lowest BCUT2D eigenvalue weighted by atomic mass is 10.1. The molecule has 0 saturated carbocycles. The Morgan fingerprint density at radius 1 is 1.35 bits per heavy atom. The van der Waals surface area contributed by atoms with Crippen LogP contribution in [0.4, 0.5) is 0 Å². The molecule has 0 saturated heterocycles. The summed E-state index contributed by atoms with van der Waals surface area (Å²) in [6.07, 6.45) is 0. The van der Waals surface area contributed by atoms with Gasteiger partial charge in [-0.3, -0.25) is 4.68 Å². The van der Waals surface area contributed by atoms with Crippen LogP contribution < -0.4 is 0 Å². The van der Waals surface area contributed by atoms with Crippen molar-refractivity contribution in [3.8, 4) is 11.3 Å². The first-order chi connectivity index (χ1) is 9.70. The number of carbonyl (C=O) groups is 1. The van der Waals surface area contributed by atoms with Gasteiger partial charge in [-0.05, 0) is 13.0 Å². The van der Waals surface area contributed by atoms with Crippen LogP contribution >= 0.6 is 11.3 Å². The summed E-state index contributed by atoms with van der Waals surface area (Å²) >= 11 is 1.41. The number of hydrogen-bond acceptors (Lipinski definition) is 4. The van der Waals surface area contributed by atoms with Gasteiger partial charge in [-0.1, -0.05) is 30.3 Å². The predicted molar refractivity (Wildman–Crippen MR) is 80.0 cm³/mol. The monoisotopic (exact) mass is 286 g/mol. The van der Waals surface area contributed by atoms with Crippen LogP contribution in [0.25, 0.3) is 21.5 Å². The molecule has 2 aromatic heterocycles. The molecule has 102 valence electrons. The Labute approximate surface area is 120 Å². The predicted octanol–water partition coefficient (Wildman–Crippen LogP) is 3.48. The molecule has 2 heterocycles. The van der Waals surface area contributed by atoms with Gasteiger partial charge in [0.25, 0.3) is 0 Å². The summed E-state index contributed by atoms with van der Waals surface area (Å²) in [5.74, 6) is -0.271. The number of rotatable bonds is 3. The third-order valence-corrected chi connectivity index (χ3v) is 4.22. The van der Waals surface area contributed by atoms with Crippen molar-refractivity contribution in [1.82, 2.24) is 9.78 Å². The number of fused-ring (bicyclic) bond motifs is 1.